The molecule has 3 aromatic carbocycles. The molecule has 3 aromatic rings. The molecular weight excluding hydrogens is 411 g/mol. The van der Waals surface area contributed by atoms with E-state index >= 15 is 0 Å². The Labute approximate surface area is 177 Å². The number of hydrogen-bond acceptors (Lipinski definition) is 1. The smallest absolute Gasteiger partial charge is 0.323 e. The van der Waals surface area contributed by atoms with Crippen molar-refractivity contribution in [3.8, 4) is 0 Å². The molecule has 0 saturated heterocycles. The molecule has 0 atom stereocenters. The highest BCUT2D eigenvalue weighted by Crippen LogP contribution is 2.32. The summed E-state index contributed by atoms with van der Waals surface area (Å²) < 4.78 is 38.5. The van der Waals surface area contributed by atoms with Crippen LogP contribution in [-0.4, -0.2) is 5.91 Å². The van der Waals surface area contributed by atoms with Gasteiger partial charge in [-0.05, 0) is 53.1 Å². The van der Waals surface area contributed by atoms with Crippen molar-refractivity contribution in [3.05, 3.63) is 106 Å². The lowest BCUT2D eigenvalue weighted by Crippen LogP contribution is -2.08. The highest BCUT2D eigenvalue weighted by atomic mass is 35.5. The van der Waals surface area contributed by atoms with Crippen molar-refractivity contribution >= 4 is 41.4 Å². The fraction of sp³-hybridized carbons (Fsp3) is 0.0417. The second-order valence-electron chi connectivity index (χ2n) is 6.42. The second-order valence-corrected chi connectivity index (χ2v) is 6.83. The van der Waals surface area contributed by atoms with E-state index in [4.69, 9.17) is 11.6 Å². The average Bonchev–Trinajstić information content (AvgIpc) is 2.72. The van der Waals surface area contributed by atoms with E-state index in [1.807, 2.05) is 54.6 Å². The van der Waals surface area contributed by atoms with Gasteiger partial charge in [0.05, 0.1) is 5.56 Å². The zero-order valence-electron chi connectivity index (χ0n) is 15.7. The van der Waals surface area contributed by atoms with Crippen LogP contribution >= 0.6 is 11.6 Å². The molecule has 1 N–H and O–H groups in total. The van der Waals surface area contributed by atoms with Crippen LogP contribution in [0.2, 0.25) is 5.02 Å². The van der Waals surface area contributed by atoms with Crippen LogP contribution in [0.4, 0.5) is 18.9 Å². The van der Waals surface area contributed by atoms with Gasteiger partial charge in [-0.1, -0.05) is 66.2 Å². The highest BCUT2D eigenvalue weighted by Gasteiger charge is 2.30. The number of carbonyl (C=O) groups excluding carboxylic acids is 1. The molecule has 0 spiro atoms. The monoisotopic (exact) mass is 427 g/mol. The molecule has 0 aliphatic carbocycles. The molecule has 0 unspecified atom stereocenters. The van der Waals surface area contributed by atoms with Gasteiger partial charge in [0.25, 0.3) is 0 Å². The molecule has 3 rings (SSSR count). The van der Waals surface area contributed by atoms with Crippen molar-refractivity contribution in [2.24, 2.45) is 0 Å². The van der Waals surface area contributed by atoms with E-state index in [1.165, 1.54) is 6.08 Å². The van der Waals surface area contributed by atoms with Crippen molar-refractivity contribution in [2.45, 2.75) is 6.18 Å². The SMILES string of the molecule is O=C(/C=C/c1cc(C(F)(F)F)ccc1Cl)Nc1ccc(/C=C/c2ccccc2)cc1. The third kappa shape index (κ3) is 6.09. The van der Waals surface area contributed by atoms with E-state index in [2.05, 4.69) is 5.32 Å². The number of nitrogens with one attached hydrogen (secondary N) is 1. The van der Waals surface area contributed by atoms with Crippen LogP contribution in [0.1, 0.15) is 22.3 Å². The Hall–Kier alpha value is -3.31. The van der Waals surface area contributed by atoms with E-state index in [0.717, 1.165) is 35.4 Å². The quantitative estimate of drug-likeness (QED) is 0.339. The van der Waals surface area contributed by atoms with Gasteiger partial charge in [-0.25, -0.2) is 0 Å². The molecule has 0 bridgehead atoms. The van der Waals surface area contributed by atoms with Crippen LogP contribution in [0.15, 0.2) is 78.9 Å². The Morgan fingerprint density at radius 1 is 0.833 bits per heavy atom. The maximum absolute atomic E-state index is 12.8. The molecule has 0 aliphatic rings. The summed E-state index contributed by atoms with van der Waals surface area (Å²) in [6.07, 6.45) is 1.85. The molecule has 0 radical (unpaired) electrons. The molecule has 0 aliphatic heterocycles. The molecule has 0 heterocycles. The maximum atomic E-state index is 12.8. The van der Waals surface area contributed by atoms with Crippen LogP contribution in [0, 0.1) is 0 Å². The second kappa shape index (κ2) is 9.46. The summed E-state index contributed by atoms with van der Waals surface area (Å²) in [6, 6.07) is 20.0. The van der Waals surface area contributed by atoms with Crippen LogP contribution in [0.3, 0.4) is 0 Å². The number of halogens is 4. The summed E-state index contributed by atoms with van der Waals surface area (Å²) in [7, 11) is 0. The van der Waals surface area contributed by atoms with Crippen LogP contribution < -0.4 is 5.32 Å². The number of amides is 1. The largest absolute Gasteiger partial charge is 0.416 e. The predicted octanol–water partition coefficient (Wildman–Crippen LogP) is 7.18. The van der Waals surface area contributed by atoms with Crippen LogP contribution in [0.25, 0.3) is 18.2 Å². The first-order valence-electron chi connectivity index (χ1n) is 9.00. The third-order valence-electron chi connectivity index (χ3n) is 4.18. The molecule has 152 valence electrons. The Kier molecular flexibility index (Phi) is 6.75. The molecular formula is C24H17ClF3NO. The lowest BCUT2D eigenvalue weighted by atomic mass is 10.1. The minimum absolute atomic E-state index is 0.114. The first kappa shape index (κ1) is 21.4. The molecule has 30 heavy (non-hydrogen) atoms. The van der Waals surface area contributed by atoms with Crippen molar-refractivity contribution in [1.82, 2.24) is 0 Å². The van der Waals surface area contributed by atoms with Crippen LogP contribution in [0.5, 0.6) is 0 Å². The zero-order valence-corrected chi connectivity index (χ0v) is 16.4. The topological polar surface area (TPSA) is 29.1 Å². The van der Waals surface area contributed by atoms with E-state index in [-0.39, 0.29) is 10.6 Å². The van der Waals surface area contributed by atoms with Gasteiger partial charge in [0, 0.05) is 16.8 Å². The first-order valence-corrected chi connectivity index (χ1v) is 9.38. The van der Waals surface area contributed by atoms with Gasteiger partial charge in [-0.3, -0.25) is 4.79 Å². The Morgan fingerprint density at radius 3 is 2.10 bits per heavy atom. The predicted molar refractivity (Wildman–Crippen MR) is 116 cm³/mol. The number of benzene rings is 3. The Bertz CT molecular complexity index is 1070. The van der Waals surface area contributed by atoms with Crippen LogP contribution in [-0.2, 0) is 11.0 Å². The number of carbonyl (C=O) groups is 1. The van der Waals surface area contributed by atoms with E-state index < -0.39 is 17.6 Å². The Morgan fingerprint density at radius 2 is 1.47 bits per heavy atom. The van der Waals surface area contributed by atoms with Crippen molar-refractivity contribution < 1.29 is 18.0 Å². The molecule has 6 heteroatoms. The number of rotatable bonds is 5. The van der Waals surface area contributed by atoms with Gasteiger partial charge in [-0.2, -0.15) is 13.2 Å². The van der Waals surface area contributed by atoms with Gasteiger partial charge < -0.3 is 5.32 Å². The van der Waals surface area contributed by atoms with Crippen molar-refractivity contribution in [2.75, 3.05) is 5.32 Å². The summed E-state index contributed by atoms with van der Waals surface area (Å²) in [5, 5.41) is 2.79. The van der Waals surface area contributed by atoms with Gasteiger partial charge in [0.1, 0.15) is 0 Å². The summed E-state index contributed by atoms with van der Waals surface area (Å²) >= 11 is 5.92. The lowest BCUT2D eigenvalue weighted by Gasteiger charge is -2.08. The maximum Gasteiger partial charge on any atom is 0.416 e. The first-order chi connectivity index (χ1) is 14.3. The van der Waals surface area contributed by atoms with Gasteiger partial charge in [-0.15, -0.1) is 0 Å². The fourth-order valence-corrected chi connectivity index (χ4v) is 2.81. The van der Waals surface area contributed by atoms with E-state index in [1.54, 1.807) is 12.1 Å². The highest BCUT2D eigenvalue weighted by molar-refractivity contribution is 6.32. The van der Waals surface area contributed by atoms with Gasteiger partial charge in [0.15, 0.2) is 0 Å². The van der Waals surface area contributed by atoms with Gasteiger partial charge >= 0.3 is 6.18 Å². The normalized spacial score (nSPS) is 11.9. The number of hydrogen-bond donors (Lipinski definition) is 1. The standard InChI is InChI=1S/C24H17ClF3NO/c25-22-14-11-20(24(26,27)28)16-19(22)10-15-23(30)29-21-12-8-18(9-13-21)7-6-17-4-2-1-3-5-17/h1-16H,(H,29,30)/b7-6+,15-10+. The third-order valence-corrected chi connectivity index (χ3v) is 4.53. The fourth-order valence-electron chi connectivity index (χ4n) is 2.63. The average molecular weight is 428 g/mol. The number of anilines is 1. The molecule has 2 nitrogen and oxygen atoms in total. The number of alkyl halides is 3. The van der Waals surface area contributed by atoms with Gasteiger partial charge in [0.2, 0.25) is 5.91 Å². The molecule has 0 aromatic heterocycles. The zero-order chi connectivity index (χ0) is 21.6. The summed E-state index contributed by atoms with van der Waals surface area (Å²) in [6.45, 7) is 0. The summed E-state index contributed by atoms with van der Waals surface area (Å²) in [5.41, 5.74) is 1.89. The molecule has 0 fully saturated rings. The Balaban J connectivity index is 1.63. The van der Waals surface area contributed by atoms with E-state index in [0.29, 0.717) is 5.69 Å². The lowest BCUT2D eigenvalue weighted by molar-refractivity contribution is -0.137. The minimum Gasteiger partial charge on any atom is -0.323 e. The van der Waals surface area contributed by atoms with Crippen molar-refractivity contribution in [3.63, 3.8) is 0 Å². The minimum atomic E-state index is -4.48. The summed E-state index contributed by atoms with van der Waals surface area (Å²) in [4.78, 5) is 12.1. The van der Waals surface area contributed by atoms with E-state index in [9.17, 15) is 18.0 Å². The van der Waals surface area contributed by atoms with Crippen molar-refractivity contribution in [1.29, 1.82) is 0 Å². The summed E-state index contributed by atoms with van der Waals surface area (Å²) in [5.74, 6) is -0.476. The molecule has 1 amide bonds. The molecule has 0 saturated carbocycles.